The van der Waals surface area contributed by atoms with Gasteiger partial charge in [-0.3, -0.25) is 14.7 Å². The van der Waals surface area contributed by atoms with Crippen molar-refractivity contribution in [3.05, 3.63) is 54.6 Å². The Morgan fingerprint density at radius 3 is 2.32 bits per heavy atom. The number of hydrogen-bond acceptors (Lipinski definition) is 4. The zero-order valence-electron chi connectivity index (χ0n) is 18.1. The van der Waals surface area contributed by atoms with Crippen molar-refractivity contribution in [2.45, 2.75) is 51.2 Å². The van der Waals surface area contributed by atoms with Crippen molar-refractivity contribution in [2.24, 2.45) is 4.99 Å². The van der Waals surface area contributed by atoms with E-state index in [0.29, 0.717) is 6.04 Å². The highest BCUT2D eigenvalue weighted by Gasteiger charge is 2.35. The van der Waals surface area contributed by atoms with Crippen LogP contribution >= 0.6 is 24.2 Å². The molecule has 1 aliphatic carbocycles. The minimum absolute atomic E-state index is 0. The maximum Gasteiger partial charge on any atom is 0.225 e. The summed E-state index contributed by atoms with van der Waals surface area (Å²) in [5.41, 5.74) is 0.874. The molecule has 1 saturated heterocycles. The van der Waals surface area contributed by atoms with Gasteiger partial charge in [0.15, 0.2) is 5.17 Å². The molecular formula is C24H30ClN3O2S. The molecule has 0 bridgehead atoms. The molecule has 2 fully saturated rings. The standard InChI is InChI=1S/C24H29N3O2S.ClH/c1-18(28)27(20-13-15-22(16-14-20)29-21-11-7-4-8-12-21)23-17-30-24(26(23)2)25-19-9-5-3-6-10-19;/h4,7-8,11-16,19,23H,3,5-6,9-10,17H2,1-2H3;1H. The Balaban J connectivity index is 0.00000272. The molecule has 1 saturated carbocycles. The number of thioether (sulfide) groups is 1. The average Bonchev–Trinajstić information content (AvgIpc) is 3.11. The Morgan fingerprint density at radius 2 is 1.68 bits per heavy atom. The second kappa shape index (κ2) is 10.9. The Labute approximate surface area is 195 Å². The lowest BCUT2D eigenvalue weighted by Gasteiger charge is -2.33. The molecule has 1 atom stereocenters. The van der Waals surface area contributed by atoms with E-state index in [-0.39, 0.29) is 24.5 Å². The summed E-state index contributed by atoms with van der Waals surface area (Å²) in [5, 5.41) is 1.06. The molecule has 0 radical (unpaired) electrons. The predicted octanol–water partition coefficient (Wildman–Crippen LogP) is 5.95. The summed E-state index contributed by atoms with van der Waals surface area (Å²) < 4.78 is 5.88. The lowest BCUT2D eigenvalue weighted by molar-refractivity contribution is -0.117. The number of hydrogen-bond donors (Lipinski definition) is 0. The summed E-state index contributed by atoms with van der Waals surface area (Å²) in [4.78, 5) is 21.6. The Morgan fingerprint density at radius 1 is 1.03 bits per heavy atom. The maximum absolute atomic E-state index is 12.6. The van der Waals surface area contributed by atoms with E-state index in [4.69, 9.17) is 9.73 Å². The maximum atomic E-state index is 12.6. The van der Waals surface area contributed by atoms with Crippen LogP contribution in [0.1, 0.15) is 39.0 Å². The van der Waals surface area contributed by atoms with E-state index in [1.54, 1.807) is 18.7 Å². The topological polar surface area (TPSA) is 45.1 Å². The van der Waals surface area contributed by atoms with Gasteiger partial charge in [-0.05, 0) is 49.2 Å². The Kier molecular flexibility index (Phi) is 8.27. The second-order valence-corrected chi connectivity index (χ2v) is 8.89. The van der Waals surface area contributed by atoms with Crippen LogP contribution in [0.25, 0.3) is 0 Å². The Bertz CT molecular complexity index is 885. The van der Waals surface area contributed by atoms with Crippen LogP contribution < -0.4 is 9.64 Å². The van der Waals surface area contributed by atoms with Crippen molar-refractivity contribution in [3.8, 4) is 11.5 Å². The van der Waals surface area contributed by atoms with Gasteiger partial charge in [-0.15, -0.1) is 12.4 Å². The van der Waals surface area contributed by atoms with E-state index >= 15 is 0 Å². The van der Waals surface area contributed by atoms with Crippen molar-refractivity contribution in [1.29, 1.82) is 0 Å². The number of ether oxygens (including phenoxy) is 1. The quantitative estimate of drug-likeness (QED) is 0.554. The van der Waals surface area contributed by atoms with E-state index in [2.05, 4.69) is 11.9 Å². The summed E-state index contributed by atoms with van der Waals surface area (Å²) in [6, 6.07) is 17.9. The van der Waals surface area contributed by atoms with Crippen LogP contribution in [0.5, 0.6) is 11.5 Å². The molecule has 1 amide bonds. The molecule has 166 valence electrons. The Hall–Kier alpha value is -2.18. The van der Waals surface area contributed by atoms with Gasteiger partial charge >= 0.3 is 0 Å². The van der Waals surface area contributed by atoms with Crippen LogP contribution in [-0.4, -0.2) is 41.0 Å². The first-order valence-electron chi connectivity index (χ1n) is 10.7. The van der Waals surface area contributed by atoms with Crippen LogP contribution in [0.4, 0.5) is 5.69 Å². The summed E-state index contributed by atoms with van der Waals surface area (Å²) in [5.74, 6) is 2.40. The molecule has 1 aliphatic heterocycles. The SMILES string of the molecule is CC(=O)N(c1ccc(Oc2ccccc2)cc1)C1CSC(=NC2CCCCC2)N1C.Cl. The first kappa shape index (κ1) is 23.5. The molecule has 2 aromatic carbocycles. The summed E-state index contributed by atoms with van der Waals surface area (Å²) in [7, 11) is 2.05. The number of carbonyl (C=O) groups excluding carboxylic acids is 1. The summed E-state index contributed by atoms with van der Waals surface area (Å²) >= 11 is 1.75. The van der Waals surface area contributed by atoms with Crippen molar-refractivity contribution < 1.29 is 9.53 Å². The number of para-hydroxylation sites is 1. The number of carbonyl (C=O) groups is 1. The highest BCUT2D eigenvalue weighted by Crippen LogP contribution is 2.32. The van der Waals surface area contributed by atoms with Crippen LogP contribution in [0.3, 0.4) is 0 Å². The number of rotatable bonds is 5. The predicted molar refractivity (Wildman–Crippen MR) is 132 cm³/mol. The molecule has 5 nitrogen and oxygen atoms in total. The number of amides is 1. The fourth-order valence-electron chi connectivity index (χ4n) is 4.10. The number of nitrogens with zero attached hydrogens (tertiary/aromatic N) is 3. The van der Waals surface area contributed by atoms with E-state index in [1.807, 2.05) is 59.5 Å². The normalized spacial score (nSPS) is 20.4. The van der Waals surface area contributed by atoms with Crippen LogP contribution in [0, 0.1) is 0 Å². The fourth-order valence-corrected chi connectivity index (χ4v) is 5.32. The van der Waals surface area contributed by atoms with Crippen LogP contribution in [0.2, 0.25) is 0 Å². The van der Waals surface area contributed by atoms with Crippen LogP contribution in [0.15, 0.2) is 59.6 Å². The van der Waals surface area contributed by atoms with Gasteiger partial charge in [-0.2, -0.15) is 0 Å². The molecule has 2 aliphatic rings. The highest BCUT2D eigenvalue weighted by molar-refractivity contribution is 8.14. The largest absolute Gasteiger partial charge is 0.457 e. The van der Waals surface area contributed by atoms with Crippen molar-refractivity contribution in [3.63, 3.8) is 0 Å². The number of amidine groups is 1. The molecule has 0 N–H and O–H groups in total. The number of benzene rings is 2. The van der Waals surface area contributed by atoms with Gasteiger partial charge < -0.3 is 9.64 Å². The van der Waals surface area contributed by atoms with Gasteiger partial charge in [0.05, 0.1) is 6.04 Å². The third kappa shape index (κ3) is 5.74. The third-order valence-corrected chi connectivity index (χ3v) is 6.83. The molecule has 0 spiro atoms. The lowest BCUT2D eigenvalue weighted by Crippen LogP contribution is -2.48. The van der Waals surface area contributed by atoms with Gasteiger partial charge in [0.1, 0.15) is 17.7 Å². The highest BCUT2D eigenvalue weighted by atomic mass is 35.5. The third-order valence-electron chi connectivity index (χ3n) is 5.71. The molecule has 1 unspecified atom stereocenters. The second-order valence-electron chi connectivity index (χ2n) is 7.90. The average molecular weight is 460 g/mol. The van der Waals surface area contributed by atoms with E-state index < -0.39 is 0 Å². The van der Waals surface area contributed by atoms with E-state index in [9.17, 15) is 4.79 Å². The van der Waals surface area contributed by atoms with E-state index in [1.165, 1.54) is 32.1 Å². The fraction of sp³-hybridized carbons (Fsp3) is 0.417. The smallest absolute Gasteiger partial charge is 0.225 e. The monoisotopic (exact) mass is 459 g/mol. The van der Waals surface area contributed by atoms with Gasteiger partial charge in [-0.25, -0.2) is 0 Å². The van der Waals surface area contributed by atoms with Gasteiger partial charge in [0.25, 0.3) is 0 Å². The minimum Gasteiger partial charge on any atom is -0.457 e. The molecule has 4 rings (SSSR count). The zero-order valence-corrected chi connectivity index (χ0v) is 19.7. The minimum atomic E-state index is -0.0317. The summed E-state index contributed by atoms with van der Waals surface area (Å²) in [6.45, 7) is 1.63. The number of aliphatic imine (C=N–C) groups is 1. The molecule has 31 heavy (non-hydrogen) atoms. The van der Waals surface area contributed by atoms with E-state index in [0.717, 1.165) is 28.1 Å². The van der Waals surface area contributed by atoms with Gasteiger partial charge in [-0.1, -0.05) is 49.2 Å². The molecular weight excluding hydrogens is 430 g/mol. The molecule has 1 heterocycles. The first-order chi connectivity index (χ1) is 14.6. The van der Waals surface area contributed by atoms with Crippen molar-refractivity contribution >= 4 is 40.9 Å². The van der Waals surface area contributed by atoms with Crippen LogP contribution in [-0.2, 0) is 4.79 Å². The lowest BCUT2D eigenvalue weighted by atomic mass is 9.96. The molecule has 7 heteroatoms. The van der Waals surface area contributed by atoms with Gasteiger partial charge in [0, 0.05) is 25.4 Å². The number of anilines is 1. The molecule has 2 aromatic rings. The summed E-state index contributed by atoms with van der Waals surface area (Å²) in [6.07, 6.45) is 6.21. The number of halogens is 1. The molecule has 0 aromatic heterocycles. The van der Waals surface area contributed by atoms with Crippen molar-refractivity contribution in [2.75, 3.05) is 17.7 Å². The first-order valence-corrected chi connectivity index (χ1v) is 11.7. The van der Waals surface area contributed by atoms with Gasteiger partial charge in [0.2, 0.25) is 5.91 Å². The zero-order chi connectivity index (χ0) is 20.9. The van der Waals surface area contributed by atoms with Crippen molar-refractivity contribution in [1.82, 2.24) is 4.90 Å².